The van der Waals surface area contributed by atoms with Gasteiger partial charge in [-0.05, 0) is 67.3 Å². The van der Waals surface area contributed by atoms with Gasteiger partial charge in [-0.2, -0.15) is 0 Å². The van der Waals surface area contributed by atoms with Gasteiger partial charge in [0.1, 0.15) is 11.9 Å². The molecule has 31 heavy (non-hydrogen) atoms. The number of unbranched alkanes of at least 4 members (excludes halogenated alkanes) is 1. The molecular formula is C26H34O5. The largest absolute Gasteiger partial charge is 0.508 e. The second-order valence-corrected chi connectivity index (χ2v) is 8.25. The van der Waals surface area contributed by atoms with E-state index < -0.39 is 11.8 Å². The summed E-state index contributed by atoms with van der Waals surface area (Å²) >= 11 is 0. The zero-order valence-electron chi connectivity index (χ0n) is 18.6. The molecule has 1 aliphatic rings. The Kier molecular flexibility index (Phi) is 8.35. The van der Waals surface area contributed by atoms with Gasteiger partial charge in [-0.25, -0.2) is 4.79 Å². The summed E-state index contributed by atoms with van der Waals surface area (Å²) in [5, 5.41) is 11.1. The van der Waals surface area contributed by atoms with Crippen molar-refractivity contribution in [1.82, 2.24) is 0 Å². The Morgan fingerprint density at radius 3 is 2.13 bits per heavy atom. The average Bonchev–Trinajstić information content (AvgIpc) is 2.80. The van der Waals surface area contributed by atoms with Gasteiger partial charge in [-0.1, -0.05) is 56.7 Å². The first-order chi connectivity index (χ1) is 15.0. The molecule has 0 radical (unpaired) electrons. The first kappa shape index (κ1) is 23.1. The SMILES string of the molecule is CCCCOc1ccc(-c2ccc(C3(O)CCC(OC(=O)OCCC)CC3)cc2)cc1. The van der Waals surface area contributed by atoms with Crippen molar-refractivity contribution in [3.05, 3.63) is 54.1 Å². The second kappa shape index (κ2) is 11.2. The molecular weight excluding hydrogens is 392 g/mol. The van der Waals surface area contributed by atoms with Gasteiger partial charge in [-0.15, -0.1) is 0 Å². The van der Waals surface area contributed by atoms with Crippen LogP contribution in [0.5, 0.6) is 5.75 Å². The third-order valence-electron chi connectivity index (χ3n) is 5.82. The molecule has 0 aromatic heterocycles. The molecule has 0 bridgehead atoms. The molecule has 0 saturated heterocycles. The average molecular weight is 427 g/mol. The lowest BCUT2D eigenvalue weighted by molar-refractivity contribution is -0.0536. The molecule has 3 rings (SSSR count). The van der Waals surface area contributed by atoms with Gasteiger partial charge in [0.2, 0.25) is 0 Å². The van der Waals surface area contributed by atoms with Crippen LogP contribution in [0.25, 0.3) is 11.1 Å². The highest BCUT2D eigenvalue weighted by Crippen LogP contribution is 2.38. The minimum absolute atomic E-state index is 0.193. The molecule has 1 saturated carbocycles. The molecule has 0 spiro atoms. The first-order valence-corrected chi connectivity index (χ1v) is 11.4. The van der Waals surface area contributed by atoms with Crippen molar-refractivity contribution in [2.45, 2.75) is 70.5 Å². The van der Waals surface area contributed by atoms with Gasteiger partial charge in [0.15, 0.2) is 0 Å². The standard InChI is InChI=1S/C26H34O5/c1-3-5-19-29-23-12-8-21(9-13-23)20-6-10-22(11-7-20)26(28)16-14-24(15-17-26)31-25(27)30-18-4-2/h6-13,24,28H,3-5,14-19H2,1-2H3. The lowest BCUT2D eigenvalue weighted by Gasteiger charge is -2.36. The summed E-state index contributed by atoms with van der Waals surface area (Å²) in [6.45, 7) is 5.21. The maximum atomic E-state index is 11.6. The predicted octanol–water partition coefficient (Wildman–Crippen LogP) is 6.23. The van der Waals surface area contributed by atoms with E-state index in [-0.39, 0.29) is 6.10 Å². The van der Waals surface area contributed by atoms with Crippen LogP contribution in [-0.4, -0.2) is 30.6 Å². The maximum absolute atomic E-state index is 11.6. The van der Waals surface area contributed by atoms with Gasteiger partial charge in [0, 0.05) is 0 Å². The van der Waals surface area contributed by atoms with Crippen molar-refractivity contribution in [3.63, 3.8) is 0 Å². The minimum atomic E-state index is -0.886. The fourth-order valence-electron chi connectivity index (χ4n) is 3.88. The Bertz CT molecular complexity index is 805. The Morgan fingerprint density at radius 1 is 0.935 bits per heavy atom. The molecule has 0 heterocycles. The van der Waals surface area contributed by atoms with Gasteiger partial charge < -0.3 is 19.3 Å². The summed E-state index contributed by atoms with van der Waals surface area (Å²) in [7, 11) is 0. The van der Waals surface area contributed by atoms with E-state index in [0.717, 1.165) is 48.3 Å². The van der Waals surface area contributed by atoms with E-state index in [0.29, 0.717) is 32.3 Å². The highest BCUT2D eigenvalue weighted by Gasteiger charge is 2.36. The van der Waals surface area contributed by atoms with E-state index in [2.05, 4.69) is 19.1 Å². The molecule has 0 aliphatic heterocycles. The van der Waals surface area contributed by atoms with Crippen LogP contribution in [0.4, 0.5) is 4.79 Å². The Morgan fingerprint density at radius 2 is 1.55 bits per heavy atom. The molecule has 0 unspecified atom stereocenters. The van der Waals surface area contributed by atoms with Crippen molar-refractivity contribution in [3.8, 4) is 16.9 Å². The zero-order valence-corrected chi connectivity index (χ0v) is 18.6. The molecule has 2 aromatic rings. The Balaban J connectivity index is 1.55. The maximum Gasteiger partial charge on any atom is 0.508 e. The number of ether oxygens (including phenoxy) is 3. The van der Waals surface area contributed by atoms with Crippen LogP contribution in [0, 0.1) is 0 Å². The minimum Gasteiger partial charge on any atom is -0.494 e. The highest BCUT2D eigenvalue weighted by molar-refractivity contribution is 5.64. The van der Waals surface area contributed by atoms with Crippen LogP contribution in [0.2, 0.25) is 0 Å². The van der Waals surface area contributed by atoms with E-state index in [4.69, 9.17) is 14.2 Å². The monoisotopic (exact) mass is 426 g/mol. The summed E-state index contributed by atoms with van der Waals surface area (Å²) in [4.78, 5) is 11.6. The fraction of sp³-hybridized carbons (Fsp3) is 0.500. The molecule has 1 N–H and O–H groups in total. The molecule has 0 amide bonds. The second-order valence-electron chi connectivity index (χ2n) is 8.25. The summed E-state index contributed by atoms with van der Waals surface area (Å²) < 4.78 is 16.1. The molecule has 0 atom stereocenters. The summed E-state index contributed by atoms with van der Waals surface area (Å²) in [5.74, 6) is 0.890. The number of hydrogen-bond acceptors (Lipinski definition) is 5. The van der Waals surface area contributed by atoms with Gasteiger partial charge >= 0.3 is 6.16 Å². The molecule has 5 nitrogen and oxygen atoms in total. The van der Waals surface area contributed by atoms with E-state index in [9.17, 15) is 9.90 Å². The van der Waals surface area contributed by atoms with Crippen LogP contribution in [0.15, 0.2) is 48.5 Å². The lowest BCUT2D eigenvalue weighted by Crippen LogP contribution is -2.35. The summed E-state index contributed by atoms with van der Waals surface area (Å²) in [5.41, 5.74) is 2.23. The van der Waals surface area contributed by atoms with Crippen LogP contribution in [-0.2, 0) is 15.1 Å². The predicted molar refractivity (Wildman–Crippen MR) is 121 cm³/mol. The van der Waals surface area contributed by atoms with Crippen molar-refractivity contribution in [1.29, 1.82) is 0 Å². The molecule has 1 aliphatic carbocycles. The topological polar surface area (TPSA) is 65.0 Å². The van der Waals surface area contributed by atoms with E-state index in [1.165, 1.54) is 0 Å². The van der Waals surface area contributed by atoms with Crippen molar-refractivity contribution >= 4 is 6.16 Å². The third kappa shape index (κ3) is 6.47. The quantitative estimate of drug-likeness (QED) is 0.380. The summed E-state index contributed by atoms with van der Waals surface area (Å²) in [6, 6.07) is 16.2. The van der Waals surface area contributed by atoms with Crippen molar-refractivity contribution in [2.75, 3.05) is 13.2 Å². The van der Waals surface area contributed by atoms with Gasteiger partial charge in [-0.3, -0.25) is 0 Å². The van der Waals surface area contributed by atoms with E-state index >= 15 is 0 Å². The smallest absolute Gasteiger partial charge is 0.494 e. The lowest BCUT2D eigenvalue weighted by atomic mass is 9.78. The fourth-order valence-corrected chi connectivity index (χ4v) is 3.88. The number of rotatable bonds is 9. The zero-order chi connectivity index (χ0) is 22.1. The number of hydrogen-bond donors (Lipinski definition) is 1. The molecule has 2 aromatic carbocycles. The number of aliphatic hydroxyl groups is 1. The van der Waals surface area contributed by atoms with Crippen molar-refractivity contribution < 1.29 is 24.1 Å². The summed E-state index contributed by atoms with van der Waals surface area (Å²) in [6.07, 6.45) is 4.51. The Hall–Kier alpha value is -2.53. The van der Waals surface area contributed by atoms with Crippen LogP contribution in [0.3, 0.4) is 0 Å². The van der Waals surface area contributed by atoms with Crippen LogP contribution >= 0.6 is 0 Å². The van der Waals surface area contributed by atoms with E-state index in [1.54, 1.807) is 0 Å². The number of carbonyl (C=O) groups excluding carboxylic acids is 1. The van der Waals surface area contributed by atoms with E-state index in [1.807, 2.05) is 43.3 Å². The van der Waals surface area contributed by atoms with Crippen LogP contribution < -0.4 is 4.74 Å². The number of benzene rings is 2. The third-order valence-corrected chi connectivity index (χ3v) is 5.82. The normalized spacial score (nSPS) is 20.8. The highest BCUT2D eigenvalue weighted by atomic mass is 16.7. The molecule has 5 heteroatoms. The van der Waals surface area contributed by atoms with Gasteiger partial charge in [0.05, 0.1) is 18.8 Å². The first-order valence-electron chi connectivity index (χ1n) is 11.4. The van der Waals surface area contributed by atoms with Crippen LogP contribution in [0.1, 0.15) is 64.4 Å². The van der Waals surface area contributed by atoms with Gasteiger partial charge in [0.25, 0.3) is 0 Å². The Labute approximate surface area is 185 Å². The van der Waals surface area contributed by atoms with Crippen molar-refractivity contribution in [2.24, 2.45) is 0 Å². The number of carbonyl (C=O) groups is 1. The molecule has 168 valence electrons. The molecule has 1 fully saturated rings.